The minimum absolute atomic E-state index is 0.0761. The normalized spacial score (nSPS) is 15.7. The van der Waals surface area contributed by atoms with E-state index < -0.39 is 0 Å². The number of nitrogens with two attached hydrogens (primary N) is 1. The lowest BCUT2D eigenvalue weighted by atomic mass is 10.1. The van der Waals surface area contributed by atoms with E-state index in [1.54, 1.807) is 0 Å². The first kappa shape index (κ1) is 18.8. The van der Waals surface area contributed by atoms with Crippen LogP contribution in [0.1, 0.15) is 26.7 Å². The van der Waals surface area contributed by atoms with Gasteiger partial charge in [0.05, 0.1) is 22.4 Å². The molecule has 0 fully saturated rings. The van der Waals surface area contributed by atoms with E-state index in [2.05, 4.69) is 20.5 Å². The van der Waals surface area contributed by atoms with Crippen molar-refractivity contribution in [2.75, 3.05) is 13.1 Å². The van der Waals surface area contributed by atoms with Crippen LogP contribution in [0.3, 0.4) is 0 Å². The van der Waals surface area contributed by atoms with Crippen molar-refractivity contribution in [3.8, 4) is 16.3 Å². The van der Waals surface area contributed by atoms with Gasteiger partial charge in [0, 0.05) is 23.4 Å². The van der Waals surface area contributed by atoms with Crippen LogP contribution < -0.4 is 20.8 Å². The van der Waals surface area contributed by atoms with Crippen molar-refractivity contribution in [1.82, 2.24) is 15.5 Å². The maximum atomic E-state index is 6.31. The molecule has 138 valence electrons. The second kappa shape index (κ2) is 8.62. The molecule has 0 saturated heterocycles. The third kappa shape index (κ3) is 4.81. The van der Waals surface area contributed by atoms with Crippen LogP contribution in [-0.2, 0) is 0 Å². The zero-order valence-corrected chi connectivity index (χ0v) is 16.5. The number of hydrogen-bond acceptors (Lipinski definition) is 6. The number of benzene rings is 1. The molecule has 0 bridgehead atoms. The first-order valence-electron chi connectivity index (χ1n) is 8.61. The first-order valence-corrected chi connectivity index (χ1v) is 9.80. The minimum atomic E-state index is 0.0761. The molecule has 1 aliphatic rings. The SMILES string of the molecule is CC(C)Oc1ccc(-c2nnc([NH+]=CC3=C(N)CCNCC3)s2)cc1Cl. The number of ether oxygens (including phenoxy) is 1. The Morgan fingerprint density at radius 3 is 2.88 bits per heavy atom. The summed E-state index contributed by atoms with van der Waals surface area (Å²) in [7, 11) is 0. The van der Waals surface area contributed by atoms with E-state index in [-0.39, 0.29) is 6.10 Å². The molecule has 2 aromatic rings. The van der Waals surface area contributed by atoms with Gasteiger partial charge in [-0.15, -0.1) is 0 Å². The molecule has 1 aromatic heterocycles. The van der Waals surface area contributed by atoms with E-state index in [1.165, 1.54) is 11.3 Å². The van der Waals surface area contributed by atoms with E-state index in [0.29, 0.717) is 10.8 Å². The molecule has 0 radical (unpaired) electrons. The summed E-state index contributed by atoms with van der Waals surface area (Å²) in [4.78, 5) is 3.21. The van der Waals surface area contributed by atoms with Crippen molar-refractivity contribution in [3.63, 3.8) is 0 Å². The molecule has 3 rings (SSSR count). The molecule has 6 nitrogen and oxygen atoms in total. The second-order valence-corrected chi connectivity index (χ2v) is 7.70. The Morgan fingerprint density at radius 2 is 2.12 bits per heavy atom. The highest BCUT2D eigenvalue weighted by Gasteiger charge is 2.15. The molecule has 2 heterocycles. The van der Waals surface area contributed by atoms with Gasteiger partial charge in [0.15, 0.2) is 5.01 Å². The Hall–Kier alpha value is -1.96. The Bertz CT molecular complexity index is 831. The standard InChI is InChI=1S/C18H22ClN5OS/c1-11(2)25-16-4-3-12(9-14(16)19)17-23-24-18(26-17)22-10-13-5-7-21-8-6-15(13)20/h3-4,9-11,21H,5-8,20H2,1-2H3/p+1. The zero-order valence-electron chi connectivity index (χ0n) is 14.9. The van der Waals surface area contributed by atoms with Gasteiger partial charge in [-0.05, 0) is 67.9 Å². The summed E-state index contributed by atoms with van der Waals surface area (Å²) >= 11 is 7.77. The highest BCUT2D eigenvalue weighted by molar-refractivity contribution is 7.17. The predicted octanol–water partition coefficient (Wildman–Crippen LogP) is 2.02. The predicted molar refractivity (Wildman–Crippen MR) is 106 cm³/mol. The monoisotopic (exact) mass is 392 g/mol. The summed E-state index contributed by atoms with van der Waals surface area (Å²) in [5.41, 5.74) is 9.06. The summed E-state index contributed by atoms with van der Waals surface area (Å²) < 4.78 is 5.66. The molecule has 0 atom stereocenters. The van der Waals surface area contributed by atoms with Crippen molar-refractivity contribution in [2.45, 2.75) is 32.8 Å². The smallest absolute Gasteiger partial charge is 0.408 e. The molecule has 0 spiro atoms. The van der Waals surface area contributed by atoms with Crippen molar-refractivity contribution in [2.24, 2.45) is 5.73 Å². The van der Waals surface area contributed by atoms with Gasteiger partial charge in [-0.3, -0.25) is 0 Å². The Labute approximate surface area is 162 Å². The van der Waals surface area contributed by atoms with Gasteiger partial charge >= 0.3 is 5.13 Å². The van der Waals surface area contributed by atoms with Crippen LogP contribution in [0.2, 0.25) is 5.02 Å². The molecular formula is C18H23ClN5OS+. The number of nitrogens with zero attached hydrogens (tertiary/aromatic N) is 2. The van der Waals surface area contributed by atoms with Crippen molar-refractivity contribution >= 4 is 34.3 Å². The lowest BCUT2D eigenvalue weighted by Crippen LogP contribution is -2.61. The largest absolute Gasteiger partial charge is 0.489 e. The molecule has 0 aliphatic carbocycles. The Balaban J connectivity index is 1.75. The third-order valence-electron chi connectivity index (χ3n) is 3.89. The molecule has 26 heavy (non-hydrogen) atoms. The zero-order chi connectivity index (χ0) is 18.5. The maximum absolute atomic E-state index is 6.31. The first-order chi connectivity index (χ1) is 12.5. The van der Waals surface area contributed by atoms with Crippen LogP contribution >= 0.6 is 22.9 Å². The van der Waals surface area contributed by atoms with E-state index in [4.69, 9.17) is 22.1 Å². The number of nitrogens with one attached hydrogen (secondary N) is 2. The van der Waals surface area contributed by atoms with E-state index in [0.717, 1.165) is 52.9 Å². The minimum Gasteiger partial charge on any atom is -0.489 e. The number of rotatable bonds is 5. The van der Waals surface area contributed by atoms with E-state index in [1.807, 2.05) is 38.3 Å². The Kier molecular flexibility index (Phi) is 6.24. The van der Waals surface area contributed by atoms with Crippen LogP contribution in [0, 0.1) is 0 Å². The van der Waals surface area contributed by atoms with Gasteiger partial charge in [0.25, 0.3) is 0 Å². The average Bonchev–Trinajstić information content (AvgIpc) is 2.98. The number of hydrogen-bond donors (Lipinski definition) is 3. The fourth-order valence-corrected chi connectivity index (χ4v) is 3.52. The van der Waals surface area contributed by atoms with Gasteiger partial charge in [-0.25, -0.2) is 4.99 Å². The van der Waals surface area contributed by atoms with Gasteiger partial charge in [0.1, 0.15) is 5.75 Å². The van der Waals surface area contributed by atoms with Crippen molar-refractivity contribution < 1.29 is 9.73 Å². The van der Waals surface area contributed by atoms with Crippen molar-refractivity contribution in [1.29, 1.82) is 0 Å². The Morgan fingerprint density at radius 1 is 1.31 bits per heavy atom. The average molecular weight is 393 g/mol. The highest BCUT2D eigenvalue weighted by Crippen LogP contribution is 2.32. The maximum Gasteiger partial charge on any atom is 0.408 e. The fourth-order valence-electron chi connectivity index (χ4n) is 2.59. The van der Waals surface area contributed by atoms with Gasteiger partial charge in [-0.2, -0.15) is 0 Å². The summed E-state index contributed by atoms with van der Waals surface area (Å²) in [6.07, 6.45) is 3.77. The van der Waals surface area contributed by atoms with Gasteiger partial charge < -0.3 is 15.8 Å². The molecule has 0 unspecified atom stereocenters. The lowest BCUT2D eigenvalue weighted by molar-refractivity contribution is -0.347. The molecule has 4 N–H and O–H groups in total. The molecule has 0 amide bonds. The van der Waals surface area contributed by atoms with E-state index >= 15 is 0 Å². The molecule has 8 heteroatoms. The third-order valence-corrected chi connectivity index (χ3v) is 5.09. The fraction of sp³-hybridized carbons (Fsp3) is 0.389. The van der Waals surface area contributed by atoms with Crippen LogP contribution in [0.25, 0.3) is 10.6 Å². The number of halogens is 1. The van der Waals surface area contributed by atoms with E-state index in [9.17, 15) is 0 Å². The summed E-state index contributed by atoms with van der Waals surface area (Å²) in [5.74, 6) is 0.672. The number of aromatic nitrogens is 2. The van der Waals surface area contributed by atoms with Crippen LogP contribution in [-0.4, -0.2) is 35.6 Å². The van der Waals surface area contributed by atoms with Crippen LogP contribution in [0.5, 0.6) is 5.75 Å². The summed E-state index contributed by atoms with van der Waals surface area (Å²) in [5, 5.41) is 13.9. The summed E-state index contributed by atoms with van der Waals surface area (Å²) in [6.45, 7) is 5.79. The van der Waals surface area contributed by atoms with Crippen LogP contribution in [0.4, 0.5) is 5.13 Å². The quantitative estimate of drug-likeness (QED) is 0.678. The topological polar surface area (TPSA) is 87.0 Å². The van der Waals surface area contributed by atoms with Crippen LogP contribution in [0.15, 0.2) is 29.5 Å². The second-order valence-electron chi connectivity index (χ2n) is 6.31. The molecule has 0 saturated carbocycles. The lowest BCUT2D eigenvalue weighted by Gasteiger charge is -2.11. The molecule has 1 aromatic carbocycles. The van der Waals surface area contributed by atoms with Gasteiger partial charge in [0.2, 0.25) is 0 Å². The molecular weight excluding hydrogens is 370 g/mol. The summed E-state index contributed by atoms with van der Waals surface area (Å²) in [6, 6.07) is 5.65. The van der Waals surface area contributed by atoms with Crippen molar-refractivity contribution in [3.05, 3.63) is 34.5 Å². The highest BCUT2D eigenvalue weighted by atomic mass is 35.5. The van der Waals surface area contributed by atoms with Gasteiger partial charge in [-0.1, -0.05) is 11.6 Å². The molecule has 1 aliphatic heterocycles.